The Morgan fingerprint density at radius 2 is 1.82 bits per heavy atom. The largest absolute Gasteiger partial charge is 0.364 e. The van der Waals surface area contributed by atoms with Gasteiger partial charge in [0.2, 0.25) is 0 Å². The number of aromatic nitrogens is 2. The predicted molar refractivity (Wildman–Crippen MR) is 95.2 cm³/mol. The van der Waals surface area contributed by atoms with Crippen LogP contribution in [0, 0.1) is 20.8 Å². The quantitative estimate of drug-likeness (QED) is 0.723. The van der Waals surface area contributed by atoms with Gasteiger partial charge in [-0.3, -0.25) is 0 Å². The maximum atomic E-state index is 4.33. The fraction of sp³-hybridized carbons (Fsp3) is 0.222. The molecule has 0 radical (unpaired) electrons. The minimum atomic E-state index is 0.743. The molecule has 4 heteroatoms. The Bertz CT molecular complexity index is 843. The van der Waals surface area contributed by atoms with Gasteiger partial charge < -0.3 is 5.32 Å². The molecule has 1 heterocycles. The van der Waals surface area contributed by atoms with E-state index in [4.69, 9.17) is 0 Å². The van der Waals surface area contributed by atoms with E-state index in [1.54, 1.807) is 0 Å². The highest BCUT2D eigenvalue weighted by Gasteiger charge is 2.08. The molecule has 0 spiro atoms. The Kier molecular flexibility index (Phi) is 4.12. The normalized spacial score (nSPS) is 10.9. The van der Waals surface area contributed by atoms with Crippen LogP contribution in [-0.4, -0.2) is 10.2 Å². The lowest BCUT2D eigenvalue weighted by Crippen LogP contribution is -2.06. The zero-order chi connectivity index (χ0) is 15.7. The molecule has 0 aliphatic heterocycles. The molecule has 0 atom stereocenters. The van der Waals surface area contributed by atoms with E-state index in [0.29, 0.717) is 0 Å². The molecule has 112 valence electrons. The van der Waals surface area contributed by atoms with E-state index in [1.807, 2.05) is 13.0 Å². The number of anilines is 1. The molecule has 22 heavy (non-hydrogen) atoms. The number of nitrogens with one attached hydrogen (secondary N) is 1. The number of hydrogen-bond acceptors (Lipinski definition) is 3. The highest BCUT2D eigenvalue weighted by atomic mass is 79.9. The van der Waals surface area contributed by atoms with Crippen molar-refractivity contribution in [2.45, 2.75) is 27.3 Å². The van der Waals surface area contributed by atoms with Crippen LogP contribution in [0.25, 0.3) is 10.8 Å². The van der Waals surface area contributed by atoms with Crippen molar-refractivity contribution >= 4 is 32.5 Å². The molecule has 1 aromatic heterocycles. The summed E-state index contributed by atoms with van der Waals surface area (Å²) in [6.45, 7) is 7.02. The van der Waals surface area contributed by atoms with E-state index < -0.39 is 0 Å². The molecule has 0 aliphatic rings. The van der Waals surface area contributed by atoms with Crippen LogP contribution in [0.2, 0.25) is 0 Å². The van der Waals surface area contributed by atoms with E-state index in [9.17, 15) is 0 Å². The highest BCUT2D eigenvalue weighted by Crippen LogP contribution is 2.27. The Hall–Kier alpha value is -1.94. The second-order valence-corrected chi connectivity index (χ2v) is 6.45. The van der Waals surface area contributed by atoms with Crippen molar-refractivity contribution in [3.05, 3.63) is 63.3 Å². The lowest BCUT2D eigenvalue weighted by Gasteiger charge is -2.12. The molecule has 0 saturated heterocycles. The van der Waals surface area contributed by atoms with Crippen LogP contribution in [0.15, 0.2) is 40.9 Å². The molecule has 1 N–H and O–H groups in total. The van der Waals surface area contributed by atoms with Gasteiger partial charge >= 0.3 is 0 Å². The minimum absolute atomic E-state index is 0.743. The first-order valence-corrected chi connectivity index (χ1v) is 8.07. The number of rotatable bonds is 3. The van der Waals surface area contributed by atoms with Crippen LogP contribution in [0.1, 0.15) is 22.4 Å². The summed E-state index contributed by atoms with van der Waals surface area (Å²) in [5.41, 5.74) is 4.85. The second kappa shape index (κ2) is 6.05. The predicted octanol–water partition coefficient (Wildman–Crippen LogP) is 4.93. The first-order valence-electron chi connectivity index (χ1n) is 7.28. The van der Waals surface area contributed by atoms with Crippen LogP contribution >= 0.6 is 15.9 Å². The number of aryl methyl sites for hydroxylation is 2. The molecule has 3 rings (SSSR count). The van der Waals surface area contributed by atoms with Crippen molar-refractivity contribution in [3.63, 3.8) is 0 Å². The third kappa shape index (κ3) is 2.83. The Balaban J connectivity index is 1.96. The maximum Gasteiger partial charge on any atom is 0.156 e. The van der Waals surface area contributed by atoms with Crippen molar-refractivity contribution in [2.75, 3.05) is 5.32 Å². The van der Waals surface area contributed by atoms with Gasteiger partial charge in [-0.2, -0.15) is 5.10 Å². The fourth-order valence-corrected chi connectivity index (χ4v) is 2.93. The van der Waals surface area contributed by atoms with Crippen molar-refractivity contribution in [3.8, 4) is 0 Å². The first kappa shape index (κ1) is 15.0. The summed E-state index contributed by atoms with van der Waals surface area (Å²) in [5, 5.41) is 14.2. The van der Waals surface area contributed by atoms with Gasteiger partial charge in [0, 0.05) is 21.8 Å². The van der Waals surface area contributed by atoms with Gasteiger partial charge in [-0.25, -0.2) is 0 Å². The zero-order valence-corrected chi connectivity index (χ0v) is 14.5. The SMILES string of the molecule is Cc1cccc(CNc2nnc(C)c3ccc(Br)cc23)c1C. The van der Waals surface area contributed by atoms with Crippen LogP contribution in [0.3, 0.4) is 0 Å². The third-order valence-corrected chi connectivity index (χ3v) is 4.58. The lowest BCUT2D eigenvalue weighted by molar-refractivity contribution is 0.979. The molecule has 0 saturated carbocycles. The topological polar surface area (TPSA) is 37.8 Å². The van der Waals surface area contributed by atoms with Gasteiger partial charge in [-0.05, 0) is 49.6 Å². The van der Waals surface area contributed by atoms with Crippen LogP contribution in [0.4, 0.5) is 5.82 Å². The molecule has 3 aromatic rings. The zero-order valence-electron chi connectivity index (χ0n) is 12.9. The van der Waals surface area contributed by atoms with Crippen molar-refractivity contribution < 1.29 is 0 Å². The number of halogens is 1. The summed E-state index contributed by atoms with van der Waals surface area (Å²) in [5.74, 6) is 0.822. The summed E-state index contributed by atoms with van der Waals surface area (Å²) in [6, 6.07) is 12.6. The molecule has 3 nitrogen and oxygen atoms in total. The lowest BCUT2D eigenvalue weighted by atomic mass is 10.0. The van der Waals surface area contributed by atoms with Crippen molar-refractivity contribution in [2.24, 2.45) is 0 Å². The summed E-state index contributed by atoms with van der Waals surface area (Å²) in [7, 11) is 0. The standard InChI is InChI=1S/C18H18BrN3/c1-11-5-4-6-14(12(11)2)10-20-18-17-9-15(19)7-8-16(17)13(3)21-22-18/h4-9H,10H2,1-3H3,(H,20,22). The average Bonchev–Trinajstić information content (AvgIpc) is 2.50. The fourth-order valence-electron chi connectivity index (χ4n) is 2.57. The second-order valence-electron chi connectivity index (χ2n) is 5.54. The minimum Gasteiger partial charge on any atom is -0.364 e. The smallest absolute Gasteiger partial charge is 0.156 e. The summed E-state index contributed by atoms with van der Waals surface area (Å²) >= 11 is 3.53. The Morgan fingerprint density at radius 1 is 1.00 bits per heavy atom. The number of nitrogens with zero attached hydrogens (tertiary/aromatic N) is 2. The molecule has 0 unspecified atom stereocenters. The van der Waals surface area contributed by atoms with E-state index in [1.165, 1.54) is 16.7 Å². The van der Waals surface area contributed by atoms with Gasteiger partial charge in [0.15, 0.2) is 5.82 Å². The van der Waals surface area contributed by atoms with Gasteiger partial charge in [0.1, 0.15) is 0 Å². The van der Waals surface area contributed by atoms with E-state index in [2.05, 4.69) is 75.6 Å². The van der Waals surface area contributed by atoms with E-state index in [-0.39, 0.29) is 0 Å². The molecule has 0 aliphatic carbocycles. The maximum absolute atomic E-state index is 4.33. The van der Waals surface area contributed by atoms with Gasteiger partial charge in [-0.15, -0.1) is 5.10 Å². The van der Waals surface area contributed by atoms with Crippen LogP contribution in [0.5, 0.6) is 0 Å². The molecule has 2 aromatic carbocycles. The summed E-state index contributed by atoms with van der Waals surface area (Å²) in [4.78, 5) is 0. The van der Waals surface area contributed by atoms with Gasteiger partial charge in [0.05, 0.1) is 5.69 Å². The molecule has 0 bridgehead atoms. The summed E-state index contributed by atoms with van der Waals surface area (Å²) in [6.07, 6.45) is 0. The number of hydrogen-bond donors (Lipinski definition) is 1. The van der Waals surface area contributed by atoms with Crippen LogP contribution < -0.4 is 5.32 Å². The van der Waals surface area contributed by atoms with E-state index >= 15 is 0 Å². The van der Waals surface area contributed by atoms with Gasteiger partial charge in [-0.1, -0.05) is 40.2 Å². The average molecular weight is 356 g/mol. The third-order valence-electron chi connectivity index (χ3n) is 4.09. The molecular weight excluding hydrogens is 338 g/mol. The van der Waals surface area contributed by atoms with Crippen molar-refractivity contribution in [1.82, 2.24) is 10.2 Å². The highest BCUT2D eigenvalue weighted by molar-refractivity contribution is 9.10. The number of benzene rings is 2. The molecule has 0 fully saturated rings. The summed E-state index contributed by atoms with van der Waals surface area (Å²) < 4.78 is 1.04. The van der Waals surface area contributed by atoms with E-state index in [0.717, 1.165) is 33.3 Å². The first-order chi connectivity index (χ1) is 10.6. The Morgan fingerprint density at radius 3 is 2.64 bits per heavy atom. The van der Waals surface area contributed by atoms with Crippen LogP contribution in [-0.2, 0) is 6.54 Å². The molecule has 0 amide bonds. The number of fused-ring (bicyclic) bond motifs is 1. The van der Waals surface area contributed by atoms with Crippen molar-refractivity contribution in [1.29, 1.82) is 0 Å². The molecular formula is C18H18BrN3. The Labute approximate surface area is 138 Å². The van der Waals surface area contributed by atoms with Gasteiger partial charge in [0.25, 0.3) is 0 Å². The monoisotopic (exact) mass is 355 g/mol.